The zero-order valence-corrected chi connectivity index (χ0v) is 19.3. The number of rotatable bonds is 4. The van der Waals surface area contributed by atoms with Gasteiger partial charge in [0.1, 0.15) is 11.6 Å². The van der Waals surface area contributed by atoms with Crippen LogP contribution in [0.5, 0.6) is 0 Å². The smallest absolute Gasteiger partial charge is 0.349 e. The van der Waals surface area contributed by atoms with Crippen molar-refractivity contribution >= 4 is 33.2 Å². The van der Waals surface area contributed by atoms with E-state index in [9.17, 15) is 10.1 Å². The SMILES string of the molecule is CCOC(=O)C(C#N)=C1C=C(C)N(c2ccc(-c3ccc4nc(C)sc4c3)cc2)C(C)=C1. The molecular weight excluding hydrogens is 418 g/mol. The Morgan fingerprint density at radius 2 is 1.72 bits per heavy atom. The molecule has 1 aliphatic rings. The lowest BCUT2D eigenvalue weighted by Gasteiger charge is -2.30. The Morgan fingerprint density at radius 1 is 1.06 bits per heavy atom. The van der Waals surface area contributed by atoms with E-state index < -0.39 is 5.97 Å². The van der Waals surface area contributed by atoms with Crippen molar-refractivity contribution in [3.63, 3.8) is 0 Å². The molecule has 0 saturated carbocycles. The topological polar surface area (TPSA) is 66.2 Å². The van der Waals surface area contributed by atoms with Gasteiger partial charge < -0.3 is 9.64 Å². The maximum absolute atomic E-state index is 12.1. The Labute approximate surface area is 191 Å². The highest BCUT2D eigenvalue weighted by atomic mass is 32.1. The number of esters is 1. The number of aromatic nitrogens is 1. The van der Waals surface area contributed by atoms with Gasteiger partial charge in [0.15, 0.2) is 0 Å². The quantitative estimate of drug-likeness (QED) is 0.271. The first-order valence-electron chi connectivity index (χ1n) is 10.4. The number of carbonyl (C=O) groups is 1. The number of hydrogen-bond donors (Lipinski definition) is 0. The molecule has 1 aliphatic heterocycles. The summed E-state index contributed by atoms with van der Waals surface area (Å²) in [6.45, 7) is 7.91. The minimum atomic E-state index is -0.594. The number of ether oxygens (including phenoxy) is 1. The van der Waals surface area contributed by atoms with Gasteiger partial charge in [-0.15, -0.1) is 11.3 Å². The van der Waals surface area contributed by atoms with E-state index in [2.05, 4.69) is 52.3 Å². The summed E-state index contributed by atoms with van der Waals surface area (Å²) in [7, 11) is 0. The first-order chi connectivity index (χ1) is 15.4. The normalized spacial score (nSPS) is 13.5. The molecule has 160 valence electrons. The summed E-state index contributed by atoms with van der Waals surface area (Å²) in [6, 6.07) is 16.7. The van der Waals surface area contributed by atoms with Crippen molar-refractivity contribution in [2.45, 2.75) is 27.7 Å². The van der Waals surface area contributed by atoms with Crippen LogP contribution in [0.1, 0.15) is 25.8 Å². The molecule has 0 spiro atoms. The lowest BCUT2D eigenvalue weighted by Crippen LogP contribution is -2.22. The second-order valence-corrected chi connectivity index (χ2v) is 8.77. The first kappa shape index (κ1) is 21.5. The van der Waals surface area contributed by atoms with Gasteiger partial charge in [-0.2, -0.15) is 5.26 Å². The number of aryl methyl sites for hydroxylation is 1. The van der Waals surface area contributed by atoms with Crippen LogP contribution in [0, 0.1) is 18.3 Å². The molecule has 2 aromatic carbocycles. The fourth-order valence-electron chi connectivity index (χ4n) is 3.90. The number of anilines is 1. The van der Waals surface area contributed by atoms with E-state index in [1.54, 1.807) is 18.3 Å². The Morgan fingerprint density at radius 3 is 2.34 bits per heavy atom. The van der Waals surface area contributed by atoms with Crippen molar-refractivity contribution < 1.29 is 9.53 Å². The summed E-state index contributed by atoms with van der Waals surface area (Å²) in [6.07, 6.45) is 3.69. The van der Waals surface area contributed by atoms with E-state index in [1.165, 1.54) is 4.70 Å². The third kappa shape index (κ3) is 4.08. The van der Waals surface area contributed by atoms with Crippen molar-refractivity contribution in [2.75, 3.05) is 11.5 Å². The van der Waals surface area contributed by atoms with Crippen molar-refractivity contribution in [3.05, 3.63) is 82.2 Å². The maximum atomic E-state index is 12.1. The van der Waals surface area contributed by atoms with E-state index in [0.717, 1.165) is 38.7 Å². The van der Waals surface area contributed by atoms with E-state index in [4.69, 9.17) is 4.74 Å². The molecule has 0 aliphatic carbocycles. The zero-order chi connectivity index (χ0) is 22.8. The minimum Gasteiger partial charge on any atom is -0.462 e. The molecule has 0 saturated heterocycles. The summed E-state index contributed by atoms with van der Waals surface area (Å²) in [4.78, 5) is 18.7. The largest absolute Gasteiger partial charge is 0.462 e. The first-order valence-corrected chi connectivity index (χ1v) is 11.2. The molecule has 2 heterocycles. The van der Waals surface area contributed by atoms with Crippen molar-refractivity contribution in [1.82, 2.24) is 4.98 Å². The summed E-state index contributed by atoms with van der Waals surface area (Å²) < 4.78 is 6.21. The fourth-order valence-corrected chi connectivity index (χ4v) is 4.77. The Bertz CT molecular complexity index is 1320. The van der Waals surface area contributed by atoms with Gasteiger partial charge in [-0.1, -0.05) is 18.2 Å². The molecule has 0 amide bonds. The highest BCUT2D eigenvalue weighted by Gasteiger charge is 2.21. The number of thiazole rings is 1. The minimum absolute atomic E-state index is 0.0224. The maximum Gasteiger partial charge on any atom is 0.349 e. The van der Waals surface area contributed by atoms with Crippen LogP contribution >= 0.6 is 11.3 Å². The third-order valence-corrected chi connectivity index (χ3v) is 6.20. The monoisotopic (exact) mass is 441 g/mol. The number of fused-ring (bicyclic) bond motifs is 1. The molecule has 0 bridgehead atoms. The summed E-state index contributed by atoms with van der Waals surface area (Å²) in [5, 5.41) is 10.5. The van der Waals surface area contributed by atoms with Crippen LogP contribution < -0.4 is 4.90 Å². The average Bonchev–Trinajstić information content (AvgIpc) is 3.14. The van der Waals surface area contributed by atoms with Crippen LogP contribution in [-0.2, 0) is 9.53 Å². The Kier molecular flexibility index (Phi) is 5.93. The predicted molar refractivity (Wildman–Crippen MR) is 129 cm³/mol. The molecule has 5 nitrogen and oxygen atoms in total. The molecule has 0 N–H and O–H groups in total. The molecule has 0 fully saturated rings. The lowest BCUT2D eigenvalue weighted by atomic mass is 10.0. The summed E-state index contributed by atoms with van der Waals surface area (Å²) in [5.74, 6) is -0.594. The van der Waals surface area contributed by atoms with E-state index in [1.807, 2.05) is 39.0 Å². The van der Waals surface area contributed by atoms with Crippen molar-refractivity contribution in [1.29, 1.82) is 5.26 Å². The van der Waals surface area contributed by atoms with Crippen LogP contribution in [0.2, 0.25) is 0 Å². The summed E-state index contributed by atoms with van der Waals surface area (Å²) in [5.41, 5.74) is 6.78. The van der Waals surface area contributed by atoms with Gasteiger partial charge >= 0.3 is 5.97 Å². The van der Waals surface area contributed by atoms with Gasteiger partial charge in [0.25, 0.3) is 0 Å². The average molecular weight is 442 g/mol. The van der Waals surface area contributed by atoms with E-state index >= 15 is 0 Å². The van der Waals surface area contributed by atoms with Gasteiger partial charge in [0, 0.05) is 22.7 Å². The van der Waals surface area contributed by atoms with Crippen molar-refractivity contribution in [3.8, 4) is 17.2 Å². The molecule has 0 unspecified atom stereocenters. The Hall–Kier alpha value is -3.69. The second-order valence-electron chi connectivity index (χ2n) is 7.53. The standard InChI is InChI=1S/C26H23N3O2S/c1-5-31-26(30)23(15-27)21-12-16(2)29(17(3)13-21)22-9-6-19(7-10-22)20-8-11-24-25(14-20)32-18(4)28-24/h6-14H,5H2,1-4H3. The van der Waals surface area contributed by atoms with Crippen LogP contribution in [0.25, 0.3) is 21.3 Å². The lowest BCUT2D eigenvalue weighted by molar-refractivity contribution is -0.138. The molecular formula is C26H23N3O2S. The van der Waals surface area contributed by atoms with Crippen molar-refractivity contribution in [2.24, 2.45) is 0 Å². The van der Waals surface area contributed by atoms with Gasteiger partial charge in [0.2, 0.25) is 0 Å². The number of carbonyl (C=O) groups excluding carboxylic acids is 1. The molecule has 1 aromatic heterocycles. The van der Waals surface area contributed by atoms with Gasteiger partial charge in [0.05, 0.1) is 21.8 Å². The number of nitrogens with zero attached hydrogens (tertiary/aromatic N) is 3. The van der Waals surface area contributed by atoms with Crippen LogP contribution in [-0.4, -0.2) is 17.6 Å². The highest BCUT2D eigenvalue weighted by Crippen LogP contribution is 2.33. The van der Waals surface area contributed by atoms with E-state index in [0.29, 0.717) is 5.57 Å². The van der Waals surface area contributed by atoms with Gasteiger partial charge in [-0.05, 0) is 75.2 Å². The number of hydrogen-bond acceptors (Lipinski definition) is 6. The number of nitriles is 1. The zero-order valence-electron chi connectivity index (χ0n) is 18.5. The van der Waals surface area contributed by atoms with E-state index in [-0.39, 0.29) is 12.2 Å². The highest BCUT2D eigenvalue weighted by molar-refractivity contribution is 7.18. The Balaban J connectivity index is 1.63. The molecule has 3 aromatic rings. The molecule has 0 atom stereocenters. The summed E-state index contributed by atoms with van der Waals surface area (Å²) >= 11 is 1.70. The van der Waals surface area contributed by atoms with Gasteiger partial charge in [-0.3, -0.25) is 0 Å². The molecule has 4 rings (SSSR count). The second kappa shape index (κ2) is 8.81. The van der Waals surface area contributed by atoms with Crippen LogP contribution in [0.15, 0.2) is 77.2 Å². The molecule has 0 radical (unpaired) electrons. The number of benzene rings is 2. The third-order valence-electron chi connectivity index (χ3n) is 5.27. The van der Waals surface area contributed by atoms with Gasteiger partial charge in [-0.25, -0.2) is 9.78 Å². The number of allylic oxidation sites excluding steroid dienone is 5. The predicted octanol–water partition coefficient (Wildman–Crippen LogP) is 6.28. The van der Waals surface area contributed by atoms with Crippen LogP contribution in [0.3, 0.4) is 0 Å². The molecule has 32 heavy (non-hydrogen) atoms. The van der Waals surface area contributed by atoms with Crippen LogP contribution in [0.4, 0.5) is 5.69 Å². The fraction of sp³-hybridized carbons (Fsp3) is 0.192. The molecule has 6 heteroatoms.